The molecule has 0 spiro atoms. The van der Waals surface area contributed by atoms with Crippen LogP contribution in [0.1, 0.15) is 37.1 Å². The molecule has 1 amide bonds. The topological polar surface area (TPSA) is 83.6 Å². The van der Waals surface area contributed by atoms with Crippen LogP contribution in [0.3, 0.4) is 0 Å². The first-order chi connectivity index (χ1) is 10.7. The summed E-state index contributed by atoms with van der Waals surface area (Å²) in [5.74, 6) is 1.70. The second kappa shape index (κ2) is 6.50. The molecule has 22 heavy (non-hydrogen) atoms. The van der Waals surface area contributed by atoms with E-state index in [0.29, 0.717) is 16.5 Å². The summed E-state index contributed by atoms with van der Waals surface area (Å²) in [6.07, 6.45) is 2.36. The monoisotopic (exact) mass is 333 g/mol. The molecule has 1 aliphatic carbocycles. The van der Waals surface area contributed by atoms with Crippen molar-refractivity contribution in [1.29, 1.82) is 5.26 Å². The third-order valence-corrected chi connectivity index (χ3v) is 5.17. The largest absolute Gasteiger partial charge is 0.316 e. The predicted octanol–water partition coefficient (Wildman–Crippen LogP) is 2.84. The van der Waals surface area contributed by atoms with Crippen LogP contribution in [0.2, 0.25) is 0 Å². The number of hydrogen-bond acceptors (Lipinski definition) is 6. The molecular weight excluding hydrogens is 318 g/mol. The van der Waals surface area contributed by atoms with Gasteiger partial charge in [-0.2, -0.15) is 5.26 Å². The Morgan fingerprint density at radius 3 is 3.09 bits per heavy atom. The molecule has 0 saturated heterocycles. The molecule has 0 bridgehead atoms. The van der Waals surface area contributed by atoms with Gasteiger partial charge in [0.25, 0.3) is 0 Å². The molecule has 2 aromatic heterocycles. The van der Waals surface area contributed by atoms with E-state index in [1.165, 1.54) is 35.9 Å². The lowest BCUT2D eigenvalue weighted by molar-refractivity contribution is -0.113. The SMILES string of the molecule is CCn1c(SCC(=O)Nc2sccc2C#N)nnc1C1CC1. The van der Waals surface area contributed by atoms with Crippen LogP contribution in [0.15, 0.2) is 16.6 Å². The number of nitrogens with zero attached hydrogens (tertiary/aromatic N) is 4. The maximum absolute atomic E-state index is 12.0. The van der Waals surface area contributed by atoms with Crippen molar-refractivity contribution in [2.45, 2.75) is 37.4 Å². The quantitative estimate of drug-likeness (QED) is 0.822. The van der Waals surface area contributed by atoms with Crippen molar-refractivity contribution in [3.63, 3.8) is 0 Å². The molecule has 2 aromatic rings. The van der Waals surface area contributed by atoms with Gasteiger partial charge in [-0.1, -0.05) is 11.8 Å². The first-order valence-corrected chi connectivity index (χ1v) is 8.92. The lowest BCUT2D eigenvalue weighted by Crippen LogP contribution is -2.14. The zero-order valence-electron chi connectivity index (χ0n) is 12.1. The van der Waals surface area contributed by atoms with Crippen LogP contribution < -0.4 is 5.32 Å². The van der Waals surface area contributed by atoms with Gasteiger partial charge in [0, 0.05) is 12.5 Å². The fourth-order valence-electron chi connectivity index (χ4n) is 2.13. The number of anilines is 1. The number of thiophene rings is 1. The Morgan fingerprint density at radius 1 is 1.59 bits per heavy atom. The third-order valence-electron chi connectivity index (χ3n) is 3.38. The molecule has 3 rings (SSSR count). The summed E-state index contributed by atoms with van der Waals surface area (Å²) in [5.41, 5.74) is 0.496. The van der Waals surface area contributed by atoms with Gasteiger partial charge in [-0.05, 0) is 31.2 Å². The Balaban J connectivity index is 1.60. The number of nitriles is 1. The number of nitrogens with one attached hydrogen (secondary N) is 1. The van der Waals surface area contributed by atoms with Gasteiger partial charge in [0.2, 0.25) is 5.91 Å². The van der Waals surface area contributed by atoms with Gasteiger partial charge in [-0.3, -0.25) is 4.79 Å². The van der Waals surface area contributed by atoms with Gasteiger partial charge in [0.15, 0.2) is 5.16 Å². The molecule has 1 aliphatic rings. The average molecular weight is 333 g/mol. The van der Waals surface area contributed by atoms with Crippen LogP contribution in [-0.2, 0) is 11.3 Å². The van der Waals surface area contributed by atoms with Crippen molar-refractivity contribution in [3.8, 4) is 6.07 Å². The molecule has 114 valence electrons. The minimum Gasteiger partial charge on any atom is -0.316 e. The molecule has 0 radical (unpaired) electrons. The molecule has 0 unspecified atom stereocenters. The van der Waals surface area contributed by atoms with Gasteiger partial charge >= 0.3 is 0 Å². The van der Waals surface area contributed by atoms with Crippen LogP contribution in [0.25, 0.3) is 0 Å². The molecule has 2 heterocycles. The maximum Gasteiger partial charge on any atom is 0.235 e. The van der Waals surface area contributed by atoms with Crippen molar-refractivity contribution >= 4 is 34.0 Å². The summed E-state index contributed by atoms with van der Waals surface area (Å²) in [4.78, 5) is 12.0. The molecule has 6 nitrogen and oxygen atoms in total. The van der Waals surface area contributed by atoms with Crippen molar-refractivity contribution in [1.82, 2.24) is 14.8 Å². The maximum atomic E-state index is 12.0. The zero-order valence-corrected chi connectivity index (χ0v) is 13.7. The molecule has 8 heteroatoms. The highest BCUT2D eigenvalue weighted by molar-refractivity contribution is 7.99. The Labute approximate surface area is 136 Å². The Bertz CT molecular complexity index is 726. The summed E-state index contributed by atoms with van der Waals surface area (Å²) in [7, 11) is 0. The highest BCUT2D eigenvalue weighted by Gasteiger charge is 2.30. The van der Waals surface area contributed by atoms with Gasteiger partial charge in [0.05, 0.1) is 11.3 Å². The van der Waals surface area contributed by atoms with Crippen molar-refractivity contribution in [2.75, 3.05) is 11.1 Å². The lowest BCUT2D eigenvalue weighted by atomic mass is 10.3. The van der Waals surface area contributed by atoms with E-state index in [9.17, 15) is 4.79 Å². The molecule has 0 aliphatic heterocycles. The fourth-order valence-corrected chi connectivity index (χ4v) is 3.70. The second-order valence-electron chi connectivity index (χ2n) is 4.97. The minimum absolute atomic E-state index is 0.137. The number of carbonyl (C=O) groups excluding carboxylic acids is 1. The van der Waals surface area contributed by atoms with E-state index in [2.05, 4.69) is 33.1 Å². The predicted molar refractivity (Wildman–Crippen MR) is 86.1 cm³/mol. The number of rotatable bonds is 6. The smallest absolute Gasteiger partial charge is 0.235 e. The number of amides is 1. The average Bonchev–Trinajstić information content (AvgIpc) is 3.13. The Kier molecular flexibility index (Phi) is 4.45. The van der Waals surface area contributed by atoms with E-state index in [1.807, 2.05) is 0 Å². The van der Waals surface area contributed by atoms with Crippen LogP contribution in [-0.4, -0.2) is 26.4 Å². The lowest BCUT2D eigenvalue weighted by Gasteiger charge is -2.06. The van der Waals surface area contributed by atoms with E-state index in [-0.39, 0.29) is 11.7 Å². The number of hydrogen-bond donors (Lipinski definition) is 1. The van der Waals surface area contributed by atoms with E-state index in [1.54, 1.807) is 11.4 Å². The van der Waals surface area contributed by atoms with E-state index in [0.717, 1.165) is 17.5 Å². The molecule has 1 N–H and O–H groups in total. The van der Waals surface area contributed by atoms with E-state index < -0.39 is 0 Å². The number of carbonyl (C=O) groups is 1. The van der Waals surface area contributed by atoms with E-state index in [4.69, 9.17) is 5.26 Å². The minimum atomic E-state index is -0.137. The van der Waals surface area contributed by atoms with Crippen LogP contribution in [0.5, 0.6) is 0 Å². The summed E-state index contributed by atoms with van der Waals surface area (Å²) in [5, 5.41) is 23.3. The third kappa shape index (κ3) is 3.15. The number of thioether (sulfide) groups is 1. The van der Waals surface area contributed by atoms with Gasteiger partial charge in [-0.25, -0.2) is 0 Å². The summed E-state index contributed by atoms with van der Waals surface area (Å²) >= 11 is 2.73. The zero-order chi connectivity index (χ0) is 15.5. The molecule has 1 saturated carbocycles. The molecule has 0 aromatic carbocycles. The summed E-state index contributed by atoms with van der Waals surface area (Å²) in [6.45, 7) is 2.87. The summed E-state index contributed by atoms with van der Waals surface area (Å²) in [6, 6.07) is 3.76. The molecule has 0 atom stereocenters. The van der Waals surface area contributed by atoms with E-state index >= 15 is 0 Å². The van der Waals surface area contributed by atoms with Gasteiger partial charge in [0.1, 0.15) is 16.9 Å². The van der Waals surface area contributed by atoms with Gasteiger partial charge < -0.3 is 9.88 Å². The highest BCUT2D eigenvalue weighted by Crippen LogP contribution is 2.40. The van der Waals surface area contributed by atoms with Gasteiger partial charge in [-0.15, -0.1) is 21.5 Å². The Hall–Kier alpha value is -1.85. The van der Waals surface area contributed by atoms with Crippen molar-refractivity contribution in [2.24, 2.45) is 0 Å². The highest BCUT2D eigenvalue weighted by atomic mass is 32.2. The number of aromatic nitrogens is 3. The molecular formula is C14H15N5OS2. The Morgan fingerprint density at radius 2 is 2.41 bits per heavy atom. The van der Waals surface area contributed by atoms with Crippen LogP contribution in [0, 0.1) is 11.3 Å². The van der Waals surface area contributed by atoms with Crippen LogP contribution >= 0.6 is 23.1 Å². The first-order valence-electron chi connectivity index (χ1n) is 7.06. The summed E-state index contributed by atoms with van der Waals surface area (Å²) < 4.78 is 2.08. The molecule has 1 fully saturated rings. The van der Waals surface area contributed by atoms with Crippen LogP contribution in [0.4, 0.5) is 5.00 Å². The second-order valence-corrected chi connectivity index (χ2v) is 6.83. The normalized spacial score (nSPS) is 13.8. The first kappa shape index (κ1) is 15.1. The standard InChI is InChI=1S/C14H15N5OS2/c1-2-19-12(9-3-4-9)17-18-14(19)22-8-11(20)16-13-10(7-15)5-6-21-13/h5-6,9H,2-4,8H2,1H3,(H,16,20). The van der Waals surface area contributed by atoms with Crippen molar-refractivity contribution in [3.05, 3.63) is 22.8 Å². The fraction of sp³-hybridized carbons (Fsp3) is 0.429. The van der Waals surface area contributed by atoms with Crippen molar-refractivity contribution < 1.29 is 4.79 Å².